The van der Waals surface area contributed by atoms with Crippen molar-refractivity contribution >= 4 is 50.7 Å². The van der Waals surface area contributed by atoms with E-state index in [-0.39, 0.29) is 24.5 Å². The average molecular weight is 512 g/mol. The number of rotatable bonds is 8. The van der Waals surface area contributed by atoms with Gasteiger partial charge in [0.2, 0.25) is 15.9 Å². The van der Waals surface area contributed by atoms with E-state index in [4.69, 9.17) is 34.8 Å². The third-order valence-corrected chi connectivity index (χ3v) is 7.67. The summed E-state index contributed by atoms with van der Waals surface area (Å²) >= 11 is 18.2. The summed E-state index contributed by atoms with van der Waals surface area (Å²) in [6, 6.07) is 18.4. The first kappa shape index (κ1) is 24.6. The highest BCUT2D eigenvalue weighted by Crippen LogP contribution is 2.25. The summed E-state index contributed by atoms with van der Waals surface area (Å²) in [5, 5.41) is 3.92. The first-order valence-electron chi connectivity index (χ1n) is 9.67. The Morgan fingerprint density at radius 3 is 2.25 bits per heavy atom. The monoisotopic (exact) mass is 510 g/mol. The van der Waals surface area contributed by atoms with Crippen LogP contribution in [0.2, 0.25) is 15.1 Å². The van der Waals surface area contributed by atoms with Gasteiger partial charge in [-0.3, -0.25) is 4.79 Å². The van der Waals surface area contributed by atoms with Crippen LogP contribution < -0.4 is 5.32 Å². The van der Waals surface area contributed by atoms with Crippen molar-refractivity contribution in [3.63, 3.8) is 0 Å². The average Bonchev–Trinajstić information content (AvgIpc) is 2.75. The molecule has 0 saturated heterocycles. The van der Waals surface area contributed by atoms with Crippen molar-refractivity contribution in [1.29, 1.82) is 0 Å². The minimum absolute atomic E-state index is 0.0490. The zero-order chi connectivity index (χ0) is 23.3. The van der Waals surface area contributed by atoms with E-state index in [1.807, 2.05) is 13.0 Å². The van der Waals surface area contributed by atoms with Gasteiger partial charge >= 0.3 is 0 Å². The van der Waals surface area contributed by atoms with Gasteiger partial charge in [0.1, 0.15) is 0 Å². The molecular weight excluding hydrogens is 491 g/mol. The number of nitrogens with one attached hydrogen (secondary N) is 1. The Balaban J connectivity index is 1.83. The molecule has 1 amide bonds. The van der Waals surface area contributed by atoms with Gasteiger partial charge in [0, 0.05) is 18.1 Å². The lowest BCUT2D eigenvalue weighted by atomic mass is 10.2. The van der Waals surface area contributed by atoms with Gasteiger partial charge in [-0.25, -0.2) is 8.42 Å². The van der Waals surface area contributed by atoms with Gasteiger partial charge in [0.05, 0.1) is 21.5 Å². The standard InChI is InChI=1S/C23H21Cl3N2O3S/c1-16-6-9-19(10-7-16)32(30,31)28(14-17-8-11-21(25)22(26)12-17)15-23(29)27-13-18-4-2-3-5-20(18)24/h2-12H,13-15H2,1H3,(H,27,29). The Labute approximate surface area is 203 Å². The number of hydrogen-bond acceptors (Lipinski definition) is 3. The van der Waals surface area contributed by atoms with Gasteiger partial charge < -0.3 is 5.32 Å². The Bertz CT molecular complexity index is 1220. The second-order valence-electron chi connectivity index (χ2n) is 7.20. The summed E-state index contributed by atoms with van der Waals surface area (Å²) in [5.74, 6) is -0.458. The lowest BCUT2D eigenvalue weighted by Crippen LogP contribution is -2.40. The number of carbonyl (C=O) groups excluding carboxylic acids is 1. The minimum Gasteiger partial charge on any atom is -0.351 e. The molecule has 32 heavy (non-hydrogen) atoms. The molecule has 168 valence electrons. The molecule has 3 rings (SSSR count). The maximum Gasteiger partial charge on any atom is 0.243 e. The molecule has 0 unspecified atom stereocenters. The van der Waals surface area contributed by atoms with E-state index in [2.05, 4.69) is 5.32 Å². The highest BCUT2D eigenvalue weighted by molar-refractivity contribution is 7.89. The van der Waals surface area contributed by atoms with E-state index < -0.39 is 15.9 Å². The number of halogens is 3. The molecule has 3 aromatic carbocycles. The van der Waals surface area contributed by atoms with Crippen molar-refractivity contribution in [2.75, 3.05) is 6.54 Å². The van der Waals surface area contributed by atoms with E-state index in [9.17, 15) is 13.2 Å². The third-order valence-electron chi connectivity index (χ3n) is 4.76. The predicted molar refractivity (Wildman–Crippen MR) is 129 cm³/mol. The highest BCUT2D eigenvalue weighted by atomic mass is 35.5. The predicted octanol–water partition coefficient (Wildman–Crippen LogP) is 5.46. The molecule has 0 bridgehead atoms. The Morgan fingerprint density at radius 1 is 0.906 bits per heavy atom. The second-order valence-corrected chi connectivity index (χ2v) is 10.4. The number of carbonyl (C=O) groups is 1. The van der Waals surface area contributed by atoms with Crippen LogP contribution in [0.25, 0.3) is 0 Å². The van der Waals surface area contributed by atoms with E-state index in [1.165, 1.54) is 12.1 Å². The van der Waals surface area contributed by atoms with Gasteiger partial charge in [0.25, 0.3) is 0 Å². The lowest BCUT2D eigenvalue weighted by Gasteiger charge is -2.22. The highest BCUT2D eigenvalue weighted by Gasteiger charge is 2.27. The number of aryl methyl sites for hydroxylation is 1. The van der Waals surface area contributed by atoms with Gasteiger partial charge in [-0.05, 0) is 48.4 Å². The molecule has 0 aliphatic rings. The van der Waals surface area contributed by atoms with Crippen LogP contribution in [0.4, 0.5) is 0 Å². The zero-order valence-electron chi connectivity index (χ0n) is 17.2. The molecule has 0 fully saturated rings. The van der Waals surface area contributed by atoms with Crippen LogP contribution >= 0.6 is 34.8 Å². The largest absolute Gasteiger partial charge is 0.351 e. The maximum atomic E-state index is 13.3. The molecule has 0 spiro atoms. The molecule has 0 aliphatic heterocycles. The first-order chi connectivity index (χ1) is 15.2. The Hall–Kier alpha value is -2.09. The molecule has 9 heteroatoms. The summed E-state index contributed by atoms with van der Waals surface area (Å²) in [6.07, 6.45) is 0. The Morgan fingerprint density at radius 2 is 1.59 bits per heavy atom. The van der Waals surface area contributed by atoms with Crippen LogP contribution in [-0.4, -0.2) is 25.2 Å². The van der Waals surface area contributed by atoms with Gasteiger partial charge in [-0.15, -0.1) is 0 Å². The van der Waals surface area contributed by atoms with E-state index >= 15 is 0 Å². The van der Waals surface area contributed by atoms with Crippen LogP contribution in [0.15, 0.2) is 71.6 Å². The molecule has 5 nitrogen and oxygen atoms in total. The van der Waals surface area contributed by atoms with Crippen LogP contribution in [-0.2, 0) is 27.9 Å². The van der Waals surface area contributed by atoms with Crippen molar-refractivity contribution in [2.45, 2.75) is 24.9 Å². The van der Waals surface area contributed by atoms with Crippen LogP contribution in [0.1, 0.15) is 16.7 Å². The molecule has 0 heterocycles. The summed E-state index contributed by atoms with van der Waals surface area (Å²) < 4.78 is 27.8. The van der Waals surface area contributed by atoms with Crippen molar-refractivity contribution in [1.82, 2.24) is 9.62 Å². The van der Waals surface area contributed by atoms with Gasteiger partial charge in [-0.1, -0.05) is 76.8 Å². The summed E-state index contributed by atoms with van der Waals surface area (Å²) in [5.41, 5.74) is 2.27. The first-order valence-corrected chi connectivity index (χ1v) is 12.2. The fraction of sp³-hybridized carbons (Fsp3) is 0.174. The molecule has 0 atom stereocenters. The number of hydrogen-bond donors (Lipinski definition) is 1. The summed E-state index contributed by atoms with van der Waals surface area (Å²) in [6.45, 7) is 1.63. The topological polar surface area (TPSA) is 66.5 Å². The number of benzene rings is 3. The second kappa shape index (κ2) is 10.7. The van der Waals surface area contributed by atoms with Crippen LogP contribution in [0.3, 0.4) is 0 Å². The van der Waals surface area contributed by atoms with Crippen molar-refractivity contribution in [3.8, 4) is 0 Å². The van der Waals surface area contributed by atoms with E-state index in [1.54, 1.807) is 48.5 Å². The normalized spacial score (nSPS) is 11.5. The fourth-order valence-electron chi connectivity index (χ4n) is 2.98. The molecule has 0 radical (unpaired) electrons. The fourth-order valence-corrected chi connectivity index (χ4v) is 4.89. The van der Waals surface area contributed by atoms with Gasteiger partial charge in [-0.2, -0.15) is 4.31 Å². The SMILES string of the molecule is Cc1ccc(S(=O)(=O)N(CC(=O)NCc2ccccc2Cl)Cc2ccc(Cl)c(Cl)c2)cc1. The number of amides is 1. The zero-order valence-corrected chi connectivity index (χ0v) is 20.3. The maximum absolute atomic E-state index is 13.3. The minimum atomic E-state index is -3.95. The number of nitrogens with zero attached hydrogens (tertiary/aromatic N) is 1. The molecule has 0 aliphatic carbocycles. The molecular formula is C23H21Cl3N2O3S. The van der Waals surface area contributed by atoms with Crippen LogP contribution in [0.5, 0.6) is 0 Å². The van der Waals surface area contributed by atoms with Crippen LogP contribution in [0, 0.1) is 6.92 Å². The van der Waals surface area contributed by atoms with E-state index in [0.29, 0.717) is 20.6 Å². The Kier molecular flexibility index (Phi) is 8.20. The molecule has 0 saturated carbocycles. The van der Waals surface area contributed by atoms with Crippen molar-refractivity contribution < 1.29 is 13.2 Å². The molecule has 0 aromatic heterocycles. The van der Waals surface area contributed by atoms with E-state index in [0.717, 1.165) is 15.4 Å². The van der Waals surface area contributed by atoms with Crippen molar-refractivity contribution in [2.24, 2.45) is 0 Å². The quantitative estimate of drug-likeness (QED) is 0.436. The smallest absolute Gasteiger partial charge is 0.243 e. The van der Waals surface area contributed by atoms with Crippen molar-refractivity contribution in [3.05, 3.63) is 98.5 Å². The lowest BCUT2D eigenvalue weighted by molar-refractivity contribution is -0.121. The molecule has 1 N–H and O–H groups in total. The number of sulfonamides is 1. The third kappa shape index (κ3) is 6.24. The summed E-state index contributed by atoms with van der Waals surface area (Å²) in [4.78, 5) is 12.8. The van der Waals surface area contributed by atoms with Gasteiger partial charge in [0.15, 0.2) is 0 Å². The summed E-state index contributed by atoms with van der Waals surface area (Å²) in [7, 11) is -3.95. The molecule has 3 aromatic rings.